The first-order chi connectivity index (χ1) is 8.69. The van der Waals surface area contributed by atoms with Crippen LogP contribution < -0.4 is 4.90 Å². The van der Waals surface area contributed by atoms with E-state index in [2.05, 4.69) is 41.1 Å². The monoisotopic (exact) mass is 240 g/mol. The van der Waals surface area contributed by atoms with Crippen LogP contribution in [0.4, 0.5) is 5.82 Å². The lowest BCUT2D eigenvalue weighted by atomic mass is 10.1. The second-order valence-electron chi connectivity index (χ2n) is 4.41. The maximum atomic E-state index is 10.6. The van der Waals surface area contributed by atoms with Gasteiger partial charge in [0.1, 0.15) is 5.82 Å². The second-order valence-corrected chi connectivity index (χ2v) is 4.41. The number of anilines is 1. The Morgan fingerprint density at radius 3 is 2.44 bits per heavy atom. The van der Waals surface area contributed by atoms with E-state index in [1.165, 1.54) is 11.1 Å². The maximum Gasteiger partial charge on any atom is 0.151 e. The molecule has 1 aromatic carbocycles. The molecule has 0 aliphatic rings. The molecule has 0 spiro atoms. The van der Waals surface area contributed by atoms with Gasteiger partial charge in [0, 0.05) is 25.4 Å². The number of rotatable bonds is 4. The lowest BCUT2D eigenvalue weighted by Crippen LogP contribution is -2.17. The number of pyridine rings is 1. The highest BCUT2D eigenvalue weighted by molar-refractivity contribution is 5.74. The van der Waals surface area contributed by atoms with E-state index in [4.69, 9.17) is 0 Å². The van der Waals surface area contributed by atoms with Crippen molar-refractivity contribution in [3.8, 4) is 0 Å². The van der Waals surface area contributed by atoms with Gasteiger partial charge in [0.2, 0.25) is 0 Å². The summed E-state index contributed by atoms with van der Waals surface area (Å²) in [4.78, 5) is 16.9. The Balaban J connectivity index is 2.08. The fourth-order valence-electron chi connectivity index (χ4n) is 1.74. The minimum atomic E-state index is 0.600. The van der Waals surface area contributed by atoms with Crippen LogP contribution in [0.15, 0.2) is 42.6 Å². The summed E-state index contributed by atoms with van der Waals surface area (Å²) in [5.74, 6) is 0.862. The van der Waals surface area contributed by atoms with Gasteiger partial charge in [0.25, 0.3) is 0 Å². The standard InChI is InChI=1S/C15H16N2O/c1-12-3-5-13(6-4-12)10-17(2)15-8-7-14(11-18)9-16-15/h3-9,11H,10H2,1-2H3. The van der Waals surface area contributed by atoms with Gasteiger partial charge in [0.05, 0.1) is 0 Å². The molecule has 3 heteroatoms. The average Bonchev–Trinajstić information content (AvgIpc) is 2.41. The highest BCUT2D eigenvalue weighted by Gasteiger charge is 2.03. The summed E-state index contributed by atoms with van der Waals surface area (Å²) < 4.78 is 0. The van der Waals surface area contributed by atoms with Crippen molar-refractivity contribution in [3.05, 3.63) is 59.3 Å². The van der Waals surface area contributed by atoms with Crippen LogP contribution in [-0.4, -0.2) is 18.3 Å². The van der Waals surface area contributed by atoms with Crippen LogP contribution in [0.5, 0.6) is 0 Å². The Hall–Kier alpha value is -2.16. The van der Waals surface area contributed by atoms with Crippen molar-refractivity contribution in [2.45, 2.75) is 13.5 Å². The van der Waals surface area contributed by atoms with Gasteiger partial charge in [-0.15, -0.1) is 0 Å². The number of hydrogen-bond donors (Lipinski definition) is 0. The molecule has 2 aromatic rings. The van der Waals surface area contributed by atoms with Gasteiger partial charge in [0.15, 0.2) is 6.29 Å². The van der Waals surface area contributed by atoms with E-state index in [1.54, 1.807) is 12.3 Å². The Morgan fingerprint density at radius 2 is 1.89 bits per heavy atom. The zero-order valence-corrected chi connectivity index (χ0v) is 10.6. The minimum absolute atomic E-state index is 0.600. The Bertz CT molecular complexity index is 517. The molecule has 0 fully saturated rings. The van der Waals surface area contributed by atoms with Crippen LogP contribution in [0.2, 0.25) is 0 Å². The molecule has 0 aliphatic heterocycles. The lowest BCUT2D eigenvalue weighted by molar-refractivity contribution is 0.112. The largest absolute Gasteiger partial charge is 0.355 e. The van der Waals surface area contributed by atoms with Crippen molar-refractivity contribution in [2.75, 3.05) is 11.9 Å². The number of nitrogens with zero attached hydrogens (tertiary/aromatic N) is 2. The van der Waals surface area contributed by atoms with E-state index in [0.717, 1.165) is 18.6 Å². The third kappa shape index (κ3) is 2.94. The van der Waals surface area contributed by atoms with E-state index in [-0.39, 0.29) is 0 Å². The van der Waals surface area contributed by atoms with Gasteiger partial charge in [-0.1, -0.05) is 29.8 Å². The van der Waals surface area contributed by atoms with E-state index < -0.39 is 0 Å². The summed E-state index contributed by atoms with van der Waals surface area (Å²) in [6.07, 6.45) is 2.39. The molecular weight excluding hydrogens is 224 g/mol. The molecule has 18 heavy (non-hydrogen) atoms. The predicted octanol–water partition coefficient (Wildman–Crippen LogP) is 2.84. The summed E-state index contributed by atoms with van der Waals surface area (Å²) in [6, 6.07) is 12.1. The quantitative estimate of drug-likeness (QED) is 0.770. The smallest absolute Gasteiger partial charge is 0.151 e. The molecule has 1 heterocycles. The van der Waals surface area contributed by atoms with Crippen molar-refractivity contribution in [1.82, 2.24) is 4.98 Å². The van der Waals surface area contributed by atoms with Crippen molar-refractivity contribution in [1.29, 1.82) is 0 Å². The van der Waals surface area contributed by atoms with Crippen LogP contribution in [0.3, 0.4) is 0 Å². The van der Waals surface area contributed by atoms with E-state index in [9.17, 15) is 4.79 Å². The third-order valence-corrected chi connectivity index (χ3v) is 2.84. The number of carbonyl (C=O) groups is 1. The SMILES string of the molecule is Cc1ccc(CN(C)c2ccc(C=O)cn2)cc1. The number of aromatic nitrogens is 1. The Labute approximate surface area is 107 Å². The number of benzene rings is 1. The van der Waals surface area contributed by atoms with Crippen LogP contribution in [0.25, 0.3) is 0 Å². The Morgan fingerprint density at radius 1 is 1.17 bits per heavy atom. The van der Waals surface area contributed by atoms with Gasteiger partial charge in [-0.3, -0.25) is 4.79 Å². The fraction of sp³-hybridized carbons (Fsp3) is 0.200. The van der Waals surface area contributed by atoms with E-state index >= 15 is 0 Å². The minimum Gasteiger partial charge on any atom is -0.355 e. The highest BCUT2D eigenvalue weighted by atomic mass is 16.1. The summed E-state index contributed by atoms with van der Waals surface area (Å²) in [7, 11) is 1.99. The summed E-state index contributed by atoms with van der Waals surface area (Å²) >= 11 is 0. The summed E-state index contributed by atoms with van der Waals surface area (Å²) in [6.45, 7) is 2.88. The highest BCUT2D eigenvalue weighted by Crippen LogP contribution is 2.13. The average molecular weight is 240 g/mol. The van der Waals surface area contributed by atoms with E-state index in [1.807, 2.05) is 13.1 Å². The molecule has 0 saturated heterocycles. The Kier molecular flexibility index (Phi) is 3.72. The molecule has 2 rings (SSSR count). The fourth-order valence-corrected chi connectivity index (χ4v) is 1.74. The van der Waals surface area contributed by atoms with Crippen molar-refractivity contribution in [2.24, 2.45) is 0 Å². The maximum absolute atomic E-state index is 10.6. The van der Waals surface area contributed by atoms with Crippen LogP contribution >= 0.6 is 0 Å². The van der Waals surface area contributed by atoms with Gasteiger partial charge in [-0.25, -0.2) is 4.98 Å². The third-order valence-electron chi connectivity index (χ3n) is 2.84. The lowest BCUT2D eigenvalue weighted by Gasteiger charge is -2.18. The first kappa shape index (κ1) is 12.3. The molecule has 1 aromatic heterocycles. The summed E-state index contributed by atoms with van der Waals surface area (Å²) in [5, 5.41) is 0. The first-order valence-corrected chi connectivity index (χ1v) is 5.87. The topological polar surface area (TPSA) is 33.2 Å². The van der Waals surface area contributed by atoms with Crippen molar-refractivity contribution >= 4 is 12.1 Å². The van der Waals surface area contributed by atoms with Gasteiger partial charge < -0.3 is 4.90 Å². The zero-order valence-electron chi connectivity index (χ0n) is 10.6. The molecule has 92 valence electrons. The molecule has 0 N–H and O–H groups in total. The van der Waals surface area contributed by atoms with Crippen LogP contribution in [0, 0.1) is 6.92 Å². The van der Waals surface area contributed by atoms with Gasteiger partial charge in [-0.2, -0.15) is 0 Å². The molecule has 0 atom stereocenters. The van der Waals surface area contributed by atoms with Crippen LogP contribution in [0.1, 0.15) is 21.5 Å². The van der Waals surface area contributed by atoms with Crippen molar-refractivity contribution < 1.29 is 4.79 Å². The summed E-state index contributed by atoms with van der Waals surface area (Å²) in [5.41, 5.74) is 3.10. The molecule has 0 amide bonds. The first-order valence-electron chi connectivity index (χ1n) is 5.87. The predicted molar refractivity (Wildman–Crippen MR) is 72.9 cm³/mol. The molecule has 0 radical (unpaired) electrons. The normalized spacial score (nSPS) is 10.1. The number of aldehydes is 1. The van der Waals surface area contributed by atoms with Gasteiger partial charge >= 0.3 is 0 Å². The molecule has 0 saturated carbocycles. The second kappa shape index (κ2) is 5.45. The number of hydrogen-bond acceptors (Lipinski definition) is 3. The van der Waals surface area contributed by atoms with E-state index in [0.29, 0.717) is 5.56 Å². The molecular formula is C15H16N2O. The van der Waals surface area contributed by atoms with Gasteiger partial charge in [-0.05, 0) is 24.6 Å². The molecule has 0 aliphatic carbocycles. The molecule has 0 unspecified atom stereocenters. The number of carbonyl (C=O) groups excluding carboxylic acids is 1. The number of aryl methyl sites for hydroxylation is 1. The molecule has 0 bridgehead atoms. The van der Waals surface area contributed by atoms with Crippen LogP contribution in [-0.2, 0) is 6.54 Å². The van der Waals surface area contributed by atoms with Crippen molar-refractivity contribution in [3.63, 3.8) is 0 Å². The molecule has 3 nitrogen and oxygen atoms in total. The zero-order chi connectivity index (χ0) is 13.0.